The van der Waals surface area contributed by atoms with E-state index in [2.05, 4.69) is 10.6 Å². The highest BCUT2D eigenvalue weighted by molar-refractivity contribution is 7.84. The zero-order valence-electron chi connectivity index (χ0n) is 12.2. The maximum Gasteiger partial charge on any atom is 0.267 e. The Hall–Kier alpha value is -2.26. The molecule has 1 aromatic carbocycles. The SMILES string of the molecule is NCCNc1ccc2c(c1)C(=O)N(C1CCC(=O)NC1=O)S2=O. The molecule has 2 atom stereocenters. The van der Waals surface area contributed by atoms with Crippen LogP contribution in [0.3, 0.4) is 0 Å². The lowest BCUT2D eigenvalue weighted by atomic mass is 10.1. The fourth-order valence-corrected chi connectivity index (χ4v) is 4.05. The molecule has 9 heteroatoms. The van der Waals surface area contributed by atoms with Gasteiger partial charge in [-0.1, -0.05) is 0 Å². The quantitative estimate of drug-likeness (QED) is 0.628. The van der Waals surface area contributed by atoms with Crippen LogP contribution in [-0.2, 0) is 20.6 Å². The van der Waals surface area contributed by atoms with Crippen LogP contribution in [0.5, 0.6) is 0 Å². The Labute approximate surface area is 135 Å². The average molecular weight is 336 g/mol. The Bertz CT molecular complexity index is 721. The van der Waals surface area contributed by atoms with E-state index >= 15 is 0 Å². The normalized spacial score (nSPS) is 23.7. The third kappa shape index (κ3) is 2.73. The number of rotatable bonds is 4. The van der Waals surface area contributed by atoms with Gasteiger partial charge in [0.1, 0.15) is 6.04 Å². The molecule has 1 fully saturated rings. The van der Waals surface area contributed by atoms with Gasteiger partial charge in [0.2, 0.25) is 5.91 Å². The number of nitrogens with zero attached hydrogens (tertiary/aromatic N) is 1. The van der Waals surface area contributed by atoms with Crippen LogP contribution >= 0.6 is 0 Å². The molecule has 0 aromatic heterocycles. The Balaban J connectivity index is 1.88. The first-order valence-corrected chi connectivity index (χ1v) is 8.30. The second-order valence-electron chi connectivity index (χ2n) is 5.27. The van der Waals surface area contributed by atoms with Gasteiger partial charge in [0.25, 0.3) is 11.8 Å². The second kappa shape index (κ2) is 6.09. The minimum Gasteiger partial charge on any atom is -0.384 e. The summed E-state index contributed by atoms with van der Waals surface area (Å²) in [6.45, 7) is 0.992. The van der Waals surface area contributed by atoms with Crippen molar-refractivity contribution in [3.8, 4) is 0 Å². The molecule has 0 aliphatic carbocycles. The highest BCUT2D eigenvalue weighted by atomic mass is 32.2. The summed E-state index contributed by atoms with van der Waals surface area (Å²) in [5, 5.41) is 5.23. The summed E-state index contributed by atoms with van der Waals surface area (Å²) in [7, 11) is -1.75. The van der Waals surface area contributed by atoms with E-state index in [1.807, 2.05) is 0 Å². The lowest BCUT2D eigenvalue weighted by Crippen LogP contribution is -2.53. The highest BCUT2D eigenvalue weighted by Crippen LogP contribution is 2.32. The lowest BCUT2D eigenvalue weighted by Gasteiger charge is -2.27. The van der Waals surface area contributed by atoms with Gasteiger partial charge in [-0.05, 0) is 24.6 Å². The number of anilines is 1. The van der Waals surface area contributed by atoms with Gasteiger partial charge in [0, 0.05) is 25.2 Å². The smallest absolute Gasteiger partial charge is 0.267 e. The van der Waals surface area contributed by atoms with Crippen molar-refractivity contribution in [1.82, 2.24) is 9.62 Å². The van der Waals surface area contributed by atoms with Gasteiger partial charge in [-0.25, -0.2) is 8.51 Å². The molecule has 2 aliphatic rings. The van der Waals surface area contributed by atoms with E-state index in [4.69, 9.17) is 5.73 Å². The van der Waals surface area contributed by atoms with E-state index in [9.17, 15) is 18.6 Å². The van der Waals surface area contributed by atoms with Crippen LogP contribution in [0, 0.1) is 0 Å². The summed E-state index contributed by atoms with van der Waals surface area (Å²) in [4.78, 5) is 36.1. The first-order valence-electron chi connectivity index (χ1n) is 7.20. The third-order valence-electron chi connectivity index (χ3n) is 3.74. The van der Waals surface area contributed by atoms with Crippen molar-refractivity contribution in [1.29, 1.82) is 0 Å². The number of benzene rings is 1. The van der Waals surface area contributed by atoms with Gasteiger partial charge in [-0.2, -0.15) is 0 Å². The molecule has 1 aromatic rings. The maximum atomic E-state index is 12.6. The van der Waals surface area contributed by atoms with Gasteiger partial charge >= 0.3 is 0 Å². The molecule has 23 heavy (non-hydrogen) atoms. The molecule has 2 aliphatic heterocycles. The van der Waals surface area contributed by atoms with Crippen LogP contribution in [0.15, 0.2) is 23.1 Å². The number of carbonyl (C=O) groups excluding carboxylic acids is 3. The standard InChI is InChI=1S/C14H16N4O4S/c15-5-6-16-8-1-3-11-9(7-8)14(21)18(23(11)22)10-2-4-12(19)17-13(10)20/h1,3,7,10,16H,2,4-6,15H2,(H,17,19,20). The summed E-state index contributed by atoms with van der Waals surface area (Å²) < 4.78 is 13.6. The minimum absolute atomic E-state index is 0.122. The van der Waals surface area contributed by atoms with Crippen LogP contribution in [0.2, 0.25) is 0 Å². The number of hydrogen-bond donors (Lipinski definition) is 3. The molecular formula is C14H16N4O4S. The zero-order valence-corrected chi connectivity index (χ0v) is 13.0. The third-order valence-corrected chi connectivity index (χ3v) is 5.25. The Morgan fingerprint density at radius 1 is 1.35 bits per heavy atom. The molecular weight excluding hydrogens is 320 g/mol. The number of hydrogen-bond acceptors (Lipinski definition) is 6. The summed E-state index contributed by atoms with van der Waals surface area (Å²) >= 11 is 0. The van der Waals surface area contributed by atoms with E-state index in [1.54, 1.807) is 18.2 Å². The van der Waals surface area contributed by atoms with Crippen LogP contribution in [0.25, 0.3) is 0 Å². The Morgan fingerprint density at radius 2 is 2.13 bits per heavy atom. The van der Waals surface area contributed by atoms with Crippen molar-refractivity contribution in [2.45, 2.75) is 23.8 Å². The fourth-order valence-electron chi connectivity index (χ4n) is 2.64. The van der Waals surface area contributed by atoms with Crippen molar-refractivity contribution >= 4 is 34.4 Å². The first kappa shape index (κ1) is 15.6. The largest absolute Gasteiger partial charge is 0.384 e. The summed E-state index contributed by atoms with van der Waals surface area (Å²) in [5.74, 6) is -1.43. The Morgan fingerprint density at radius 3 is 2.83 bits per heavy atom. The zero-order chi connectivity index (χ0) is 16.6. The molecule has 1 saturated heterocycles. The molecule has 4 N–H and O–H groups in total. The van der Waals surface area contributed by atoms with E-state index in [0.717, 1.165) is 4.31 Å². The van der Waals surface area contributed by atoms with E-state index < -0.39 is 28.8 Å². The van der Waals surface area contributed by atoms with Crippen LogP contribution in [-0.4, -0.2) is 45.4 Å². The van der Waals surface area contributed by atoms with Gasteiger partial charge in [0.05, 0.1) is 10.5 Å². The maximum absolute atomic E-state index is 12.6. The second-order valence-corrected chi connectivity index (χ2v) is 6.60. The number of nitrogens with two attached hydrogens (primary N) is 1. The van der Waals surface area contributed by atoms with Gasteiger partial charge in [-0.3, -0.25) is 19.7 Å². The molecule has 3 amide bonds. The molecule has 3 rings (SSSR count). The monoisotopic (exact) mass is 336 g/mol. The molecule has 0 bridgehead atoms. The summed E-state index contributed by atoms with van der Waals surface area (Å²) in [6.07, 6.45) is 0.297. The molecule has 2 unspecified atom stereocenters. The molecule has 2 heterocycles. The van der Waals surface area contributed by atoms with Crippen molar-refractivity contribution in [2.24, 2.45) is 5.73 Å². The number of nitrogens with one attached hydrogen (secondary N) is 2. The Kier molecular flexibility index (Phi) is 4.14. The van der Waals surface area contributed by atoms with Crippen LogP contribution in [0.4, 0.5) is 5.69 Å². The molecule has 8 nitrogen and oxygen atoms in total. The van der Waals surface area contributed by atoms with Crippen molar-refractivity contribution in [3.05, 3.63) is 23.8 Å². The van der Waals surface area contributed by atoms with Gasteiger partial charge < -0.3 is 11.1 Å². The van der Waals surface area contributed by atoms with E-state index in [-0.39, 0.29) is 18.7 Å². The molecule has 0 saturated carbocycles. The predicted molar refractivity (Wildman–Crippen MR) is 82.7 cm³/mol. The molecule has 0 radical (unpaired) electrons. The first-order chi connectivity index (χ1) is 11.0. The molecule has 0 spiro atoms. The van der Waals surface area contributed by atoms with Crippen LogP contribution in [0.1, 0.15) is 23.2 Å². The van der Waals surface area contributed by atoms with Crippen molar-refractivity contribution < 1.29 is 18.6 Å². The van der Waals surface area contributed by atoms with Crippen molar-refractivity contribution in [2.75, 3.05) is 18.4 Å². The van der Waals surface area contributed by atoms with Crippen LogP contribution < -0.4 is 16.4 Å². The lowest BCUT2D eigenvalue weighted by molar-refractivity contribution is -0.135. The number of amides is 3. The van der Waals surface area contributed by atoms with E-state index in [1.165, 1.54) is 0 Å². The number of carbonyl (C=O) groups is 3. The number of piperidine rings is 1. The summed E-state index contributed by atoms with van der Waals surface area (Å²) in [6, 6.07) is 4.03. The average Bonchev–Trinajstić information content (AvgIpc) is 2.77. The van der Waals surface area contributed by atoms with E-state index in [0.29, 0.717) is 29.2 Å². The van der Waals surface area contributed by atoms with Crippen molar-refractivity contribution in [3.63, 3.8) is 0 Å². The molecule has 122 valence electrons. The minimum atomic E-state index is -1.75. The predicted octanol–water partition coefficient (Wildman–Crippen LogP) is -0.659. The topological polar surface area (TPSA) is 122 Å². The highest BCUT2D eigenvalue weighted by Gasteiger charge is 2.44. The number of fused-ring (bicyclic) bond motifs is 1. The summed E-state index contributed by atoms with van der Waals surface area (Å²) in [5.41, 5.74) is 6.43. The van der Waals surface area contributed by atoms with Gasteiger partial charge in [0.15, 0.2) is 11.0 Å². The van der Waals surface area contributed by atoms with Gasteiger partial charge in [-0.15, -0.1) is 0 Å². The fraction of sp³-hybridized carbons (Fsp3) is 0.357. The number of imide groups is 1.